The Morgan fingerprint density at radius 3 is 2.64 bits per heavy atom. The van der Waals surface area contributed by atoms with E-state index in [1.807, 2.05) is 0 Å². The highest BCUT2D eigenvalue weighted by Crippen LogP contribution is 2.26. The van der Waals surface area contributed by atoms with Gasteiger partial charge in [-0.3, -0.25) is 0 Å². The summed E-state index contributed by atoms with van der Waals surface area (Å²) >= 11 is 5.66. The number of furan rings is 1. The lowest BCUT2D eigenvalue weighted by molar-refractivity contribution is 0.460. The Bertz CT molecular complexity index is 588. The van der Waals surface area contributed by atoms with E-state index in [9.17, 15) is 12.3 Å². The minimum atomic E-state index is -4.79. The van der Waals surface area contributed by atoms with Crippen LogP contribution in [0.2, 0.25) is 5.02 Å². The summed E-state index contributed by atoms with van der Waals surface area (Å²) in [6.45, 7) is 0. The van der Waals surface area contributed by atoms with Gasteiger partial charge in [0.25, 0.3) is 5.09 Å². The highest BCUT2D eigenvalue weighted by atomic mass is 35.5. The molecule has 0 aliphatic rings. The van der Waals surface area contributed by atoms with E-state index in [-0.39, 0.29) is 5.58 Å². The van der Waals surface area contributed by atoms with Gasteiger partial charge in [0.05, 0.1) is 0 Å². The van der Waals surface area contributed by atoms with Crippen molar-refractivity contribution in [2.75, 3.05) is 0 Å². The molecule has 2 aromatic rings. The van der Waals surface area contributed by atoms with E-state index < -0.39 is 15.3 Å². The standard InChI is InChI=1S/C8H4ClFO3S/c9-6-1-2-7-5(3-6)4-8(13-7)14(10,11)12/h1-4H. The Morgan fingerprint density at radius 2 is 2.00 bits per heavy atom. The second-order valence-corrected chi connectivity index (χ2v) is 4.40. The molecule has 0 unspecified atom stereocenters. The Balaban J connectivity index is 2.75. The zero-order valence-electron chi connectivity index (χ0n) is 6.70. The molecule has 0 fully saturated rings. The number of benzene rings is 1. The molecule has 0 saturated heterocycles. The lowest BCUT2D eigenvalue weighted by atomic mass is 10.3. The number of hydrogen-bond acceptors (Lipinski definition) is 3. The molecule has 0 spiro atoms. The van der Waals surface area contributed by atoms with Crippen molar-refractivity contribution in [1.82, 2.24) is 0 Å². The molecule has 0 N–H and O–H groups in total. The van der Waals surface area contributed by atoms with E-state index >= 15 is 0 Å². The van der Waals surface area contributed by atoms with Crippen LogP contribution in [0.4, 0.5) is 3.89 Å². The van der Waals surface area contributed by atoms with Gasteiger partial charge in [0, 0.05) is 16.5 Å². The summed E-state index contributed by atoms with van der Waals surface area (Å²) in [7, 11) is -4.79. The monoisotopic (exact) mass is 234 g/mol. The maximum atomic E-state index is 12.5. The Morgan fingerprint density at radius 1 is 1.29 bits per heavy atom. The third kappa shape index (κ3) is 1.60. The number of halogens is 2. The first-order valence-electron chi connectivity index (χ1n) is 3.60. The lowest BCUT2D eigenvalue weighted by Crippen LogP contribution is -1.86. The molecule has 1 aromatic carbocycles. The predicted molar refractivity (Wildman–Crippen MR) is 49.5 cm³/mol. The fourth-order valence-corrected chi connectivity index (χ4v) is 1.75. The summed E-state index contributed by atoms with van der Waals surface area (Å²) in [5, 5.41) is 0.185. The Hall–Kier alpha value is -1.07. The van der Waals surface area contributed by atoms with Gasteiger partial charge in [0.2, 0.25) is 0 Å². The van der Waals surface area contributed by atoms with Gasteiger partial charge in [-0.05, 0) is 18.2 Å². The molecular formula is C8H4ClFO3S. The fourth-order valence-electron chi connectivity index (χ4n) is 1.11. The molecule has 0 amide bonds. The molecule has 14 heavy (non-hydrogen) atoms. The first-order valence-corrected chi connectivity index (χ1v) is 5.37. The van der Waals surface area contributed by atoms with Crippen molar-refractivity contribution < 1.29 is 16.7 Å². The van der Waals surface area contributed by atoms with E-state index in [1.165, 1.54) is 18.2 Å². The molecule has 0 aliphatic carbocycles. The fraction of sp³-hybridized carbons (Fsp3) is 0. The van der Waals surface area contributed by atoms with Crippen LogP contribution in [-0.4, -0.2) is 8.42 Å². The SMILES string of the molecule is O=S(=O)(F)c1cc2cc(Cl)ccc2o1. The maximum absolute atomic E-state index is 12.5. The number of fused-ring (bicyclic) bond motifs is 1. The Labute approximate surface area is 84.3 Å². The van der Waals surface area contributed by atoms with Gasteiger partial charge in [-0.2, -0.15) is 8.42 Å². The van der Waals surface area contributed by atoms with Crippen LogP contribution < -0.4 is 0 Å². The van der Waals surface area contributed by atoms with Crippen LogP contribution in [0.1, 0.15) is 0 Å². The summed E-state index contributed by atoms with van der Waals surface area (Å²) in [5.41, 5.74) is 0.283. The predicted octanol–water partition coefficient (Wildman–Crippen LogP) is 2.74. The van der Waals surface area contributed by atoms with Crippen molar-refractivity contribution in [2.24, 2.45) is 0 Å². The van der Waals surface area contributed by atoms with Gasteiger partial charge >= 0.3 is 10.2 Å². The Kier molecular flexibility index (Phi) is 2.01. The van der Waals surface area contributed by atoms with Crippen molar-refractivity contribution in [3.63, 3.8) is 0 Å². The summed E-state index contributed by atoms with van der Waals surface area (Å²) < 4.78 is 38.3. The van der Waals surface area contributed by atoms with Gasteiger partial charge in [-0.15, -0.1) is 0 Å². The quantitative estimate of drug-likeness (QED) is 0.713. The topological polar surface area (TPSA) is 47.3 Å². The molecule has 3 nitrogen and oxygen atoms in total. The second-order valence-electron chi connectivity index (χ2n) is 2.69. The molecule has 0 aliphatic heterocycles. The maximum Gasteiger partial charge on any atom is 0.365 e. The van der Waals surface area contributed by atoms with Crippen LogP contribution >= 0.6 is 11.6 Å². The number of rotatable bonds is 1. The zero-order valence-corrected chi connectivity index (χ0v) is 8.27. The highest BCUT2D eigenvalue weighted by molar-refractivity contribution is 7.86. The van der Waals surface area contributed by atoms with Crippen LogP contribution in [0, 0.1) is 0 Å². The third-order valence-corrected chi connectivity index (χ3v) is 2.61. The molecular weight excluding hydrogens is 231 g/mol. The normalized spacial score (nSPS) is 12.1. The zero-order chi connectivity index (χ0) is 10.3. The average molecular weight is 235 g/mol. The second kappa shape index (κ2) is 2.96. The van der Waals surface area contributed by atoms with E-state index in [1.54, 1.807) is 0 Å². The van der Waals surface area contributed by atoms with Gasteiger partial charge in [-0.25, -0.2) is 0 Å². The van der Waals surface area contributed by atoms with Crippen LogP contribution in [0.5, 0.6) is 0 Å². The molecule has 1 heterocycles. The van der Waals surface area contributed by atoms with Gasteiger partial charge in [0.1, 0.15) is 5.58 Å². The largest absolute Gasteiger partial charge is 0.442 e. The first kappa shape index (κ1) is 9.48. The van der Waals surface area contributed by atoms with Crippen molar-refractivity contribution in [2.45, 2.75) is 5.09 Å². The average Bonchev–Trinajstić information content (AvgIpc) is 2.45. The molecule has 1 aromatic heterocycles. The molecule has 6 heteroatoms. The molecule has 74 valence electrons. The molecule has 0 radical (unpaired) electrons. The van der Waals surface area contributed by atoms with E-state index in [0.717, 1.165) is 6.07 Å². The van der Waals surface area contributed by atoms with Crippen molar-refractivity contribution in [3.05, 3.63) is 29.3 Å². The van der Waals surface area contributed by atoms with Gasteiger partial charge in [0.15, 0.2) is 0 Å². The lowest BCUT2D eigenvalue weighted by Gasteiger charge is -1.87. The van der Waals surface area contributed by atoms with Gasteiger partial charge in [-0.1, -0.05) is 15.5 Å². The smallest absolute Gasteiger partial charge is 0.365 e. The summed E-state index contributed by atoms with van der Waals surface area (Å²) in [6.07, 6.45) is 0. The minimum absolute atomic E-state index is 0.283. The van der Waals surface area contributed by atoms with Crippen LogP contribution in [0.3, 0.4) is 0 Å². The minimum Gasteiger partial charge on any atom is -0.442 e. The first-order chi connectivity index (χ1) is 6.47. The van der Waals surface area contributed by atoms with E-state index in [4.69, 9.17) is 16.0 Å². The number of hydrogen-bond donors (Lipinski definition) is 0. The summed E-state index contributed by atoms with van der Waals surface area (Å²) in [4.78, 5) is 0. The highest BCUT2D eigenvalue weighted by Gasteiger charge is 2.17. The molecule has 0 saturated carbocycles. The summed E-state index contributed by atoms with van der Waals surface area (Å²) in [5.74, 6) is 0. The van der Waals surface area contributed by atoms with E-state index in [2.05, 4.69) is 0 Å². The van der Waals surface area contributed by atoms with Crippen molar-refractivity contribution in [1.29, 1.82) is 0 Å². The summed E-state index contributed by atoms with van der Waals surface area (Å²) in [6, 6.07) is 5.60. The third-order valence-electron chi connectivity index (χ3n) is 1.70. The van der Waals surface area contributed by atoms with Gasteiger partial charge < -0.3 is 4.42 Å². The van der Waals surface area contributed by atoms with Crippen LogP contribution in [0.25, 0.3) is 11.0 Å². The molecule has 2 rings (SSSR count). The van der Waals surface area contributed by atoms with Crippen molar-refractivity contribution >= 4 is 32.8 Å². The molecule has 0 atom stereocenters. The van der Waals surface area contributed by atoms with Crippen LogP contribution in [0.15, 0.2) is 33.8 Å². The van der Waals surface area contributed by atoms with Crippen LogP contribution in [-0.2, 0) is 10.2 Å². The van der Waals surface area contributed by atoms with Crippen molar-refractivity contribution in [3.8, 4) is 0 Å². The van der Waals surface area contributed by atoms with E-state index in [0.29, 0.717) is 10.4 Å². The molecule has 0 bridgehead atoms.